The number of carboxylic acid groups (broad SMARTS) is 1. The maximum Gasteiger partial charge on any atom is 0.301 e. The molecule has 0 saturated carbocycles. The number of aliphatic carboxylic acids is 1. The van der Waals surface area contributed by atoms with Crippen molar-refractivity contribution in [2.45, 2.75) is 50.9 Å². The van der Waals surface area contributed by atoms with Gasteiger partial charge < -0.3 is 5.11 Å². The number of aromatic nitrogens is 1. The number of nitrogens with zero attached hydrogens (tertiary/aromatic N) is 2. The average Bonchev–Trinajstić information content (AvgIpc) is 2.67. The Morgan fingerprint density at radius 3 is 2.73 bits per heavy atom. The van der Waals surface area contributed by atoms with Crippen LogP contribution in [0.5, 0.6) is 0 Å². The van der Waals surface area contributed by atoms with Gasteiger partial charge in [-0.1, -0.05) is 44.0 Å². The van der Waals surface area contributed by atoms with Crippen LogP contribution in [0.2, 0.25) is 5.31 Å². The predicted molar refractivity (Wildman–Crippen MR) is 108 cm³/mol. The molecule has 1 atom stereocenters. The molecule has 1 aromatic carbocycles. The standard InChI is InChI=1S/C21H29BN2O2/c1-2-3-11-21(22,20(25)26)18-9-13-24(14-10-18)15-17-7-4-6-16-8-5-12-23-19(16)17/h4-8,12,18H,2-3,9-11,13-15,22H2,1H3,(H,25,26). The van der Waals surface area contributed by atoms with Crippen molar-refractivity contribution in [3.05, 3.63) is 42.1 Å². The molecule has 0 amide bonds. The van der Waals surface area contributed by atoms with Crippen molar-refractivity contribution in [2.75, 3.05) is 13.1 Å². The Bertz CT molecular complexity index is 753. The van der Waals surface area contributed by atoms with E-state index in [0.717, 1.165) is 57.3 Å². The summed E-state index contributed by atoms with van der Waals surface area (Å²) in [5.74, 6) is -0.351. The lowest BCUT2D eigenvalue weighted by Crippen LogP contribution is -2.41. The number of likely N-dealkylation sites (tertiary alicyclic amines) is 1. The Balaban J connectivity index is 1.65. The molecule has 0 spiro atoms. The first kappa shape index (κ1) is 18.9. The molecule has 1 fully saturated rings. The van der Waals surface area contributed by atoms with E-state index in [0.29, 0.717) is 0 Å². The third-order valence-corrected chi connectivity index (χ3v) is 6.14. The number of para-hydroxylation sites is 1. The highest BCUT2D eigenvalue weighted by atomic mass is 16.4. The van der Waals surface area contributed by atoms with Gasteiger partial charge in [0, 0.05) is 23.4 Å². The molecule has 1 N–H and O–H groups in total. The van der Waals surface area contributed by atoms with Crippen molar-refractivity contribution in [3.8, 4) is 0 Å². The summed E-state index contributed by atoms with van der Waals surface area (Å²) in [5, 5.41) is 10.4. The molecule has 1 unspecified atom stereocenters. The number of carboxylic acids is 1. The maximum atomic E-state index is 11.9. The molecular weight excluding hydrogens is 323 g/mol. The topological polar surface area (TPSA) is 53.4 Å². The summed E-state index contributed by atoms with van der Waals surface area (Å²) in [6.07, 6.45) is 6.61. The molecule has 2 heterocycles. The van der Waals surface area contributed by atoms with Gasteiger partial charge in [0.05, 0.1) is 5.52 Å². The van der Waals surface area contributed by atoms with Crippen molar-refractivity contribution in [1.29, 1.82) is 0 Å². The second-order valence-electron chi connectivity index (χ2n) is 7.87. The number of rotatable bonds is 7. The van der Waals surface area contributed by atoms with Crippen LogP contribution in [0.15, 0.2) is 36.5 Å². The van der Waals surface area contributed by atoms with Gasteiger partial charge >= 0.3 is 5.97 Å². The number of hydrogen-bond donors (Lipinski definition) is 1. The van der Waals surface area contributed by atoms with Crippen LogP contribution in [0.25, 0.3) is 10.9 Å². The molecule has 5 heteroatoms. The van der Waals surface area contributed by atoms with E-state index < -0.39 is 11.3 Å². The van der Waals surface area contributed by atoms with E-state index in [2.05, 4.69) is 41.1 Å². The Kier molecular flexibility index (Phi) is 5.97. The molecule has 0 radical (unpaired) electrons. The van der Waals surface area contributed by atoms with E-state index in [1.54, 1.807) is 0 Å². The molecule has 2 aromatic rings. The summed E-state index contributed by atoms with van der Waals surface area (Å²) in [6, 6.07) is 10.4. The molecule has 26 heavy (non-hydrogen) atoms. The number of benzene rings is 1. The van der Waals surface area contributed by atoms with Crippen molar-refractivity contribution < 1.29 is 9.90 Å². The number of piperidine rings is 1. The van der Waals surface area contributed by atoms with Crippen molar-refractivity contribution in [3.63, 3.8) is 0 Å². The Labute approximate surface area is 157 Å². The molecule has 1 aliphatic heterocycles. The molecule has 138 valence electrons. The minimum atomic E-state index is -0.623. The summed E-state index contributed by atoms with van der Waals surface area (Å²) in [6.45, 7) is 4.94. The SMILES string of the molecule is BC(CCCC)(C(=O)O)C1CCN(Cc2cccc3cccnc23)CC1. The number of hydrogen-bond acceptors (Lipinski definition) is 3. The number of carbonyl (C=O) groups is 1. The summed E-state index contributed by atoms with van der Waals surface area (Å²) in [7, 11) is 1.96. The van der Waals surface area contributed by atoms with E-state index in [1.165, 1.54) is 10.9 Å². The molecular formula is C21H29BN2O2. The van der Waals surface area contributed by atoms with Crippen molar-refractivity contribution >= 4 is 24.7 Å². The monoisotopic (exact) mass is 352 g/mol. The van der Waals surface area contributed by atoms with Crippen LogP contribution in [0.3, 0.4) is 0 Å². The molecule has 0 aliphatic carbocycles. The molecule has 1 saturated heterocycles. The van der Waals surface area contributed by atoms with Gasteiger partial charge in [0.2, 0.25) is 0 Å². The fraction of sp³-hybridized carbons (Fsp3) is 0.524. The fourth-order valence-corrected chi connectivity index (χ4v) is 4.29. The highest BCUT2D eigenvalue weighted by Gasteiger charge is 2.41. The van der Waals surface area contributed by atoms with E-state index in [4.69, 9.17) is 0 Å². The van der Waals surface area contributed by atoms with Gasteiger partial charge in [0.25, 0.3) is 0 Å². The summed E-state index contributed by atoms with van der Waals surface area (Å²) in [5.41, 5.74) is 2.34. The van der Waals surface area contributed by atoms with E-state index in [-0.39, 0.29) is 5.92 Å². The van der Waals surface area contributed by atoms with Crippen LogP contribution >= 0.6 is 0 Å². The second kappa shape index (κ2) is 8.21. The highest BCUT2D eigenvalue weighted by molar-refractivity contribution is 6.27. The van der Waals surface area contributed by atoms with E-state index >= 15 is 0 Å². The quantitative estimate of drug-likeness (QED) is 0.775. The zero-order chi connectivity index (χ0) is 18.6. The average molecular weight is 352 g/mol. The third-order valence-electron chi connectivity index (χ3n) is 6.14. The van der Waals surface area contributed by atoms with Crippen LogP contribution in [-0.2, 0) is 11.3 Å². The first-order chi connectivity index (χ1) is 12.5. The lowest BCUT2D eigenvalue weighted by Gasteiger charge is -2.40. The smallest absolute Gasteiger partial charge is 0.301 e. The van der Waals surface area contributed by atoms with Gasteiger partial charge in [-0.05, 0) is 49.9 Å². The zero-order valence-electron chi connectivity index (χ0n) is 15.9. The summed E-state index contributed by atoms with van der Waals surface area (Å²) in [4.78, 5) is 18.9. The largest absolute Gasteiger partial charge is 0.481 e. The lowest BCUT2D eigenvalue weighted by molar-refractivity contribution is -0.143. The van der Waals surface area contributed by atoms with Gasteiger partial charge in [-0.3, -0.25) is 14.7 Å². The molecule has 3 rings (SSSR count). The van der Waals surface area contributed by atoms with Crippen molar-refractivity contribution in [1.82, 2.24) is 9.88 Å². The number of pyridine rings is 1. The first-order valence-electron chi connectivity index (χ1n) is 9.83. The Hall–Kier alpha value is -1.88. The van der Waals surface area contributed by atoms with Crippen LogP contribution < -0.4 is 0 Å². The second-order valence-corrected chi connectivity index (χ2v) is 7.87. The van der Waals surface area contributed by atoms with Crippen LogP contribution in [0.1, 0.15) is 44.6 Å². The maximum absolute atomic E-state index is 11.9. The Morgan fingerprint density at radius 2 is 2.04 bits per heavy atom. The van der Waals surface area contributed by atoms with Gasteiger partial charge in [-0.2, -0.15) is 0 Å². The number of fused-ring (bicyclic) bond motifs is 1. The zero-order valence-corrected chi connectivity index (χ0v) is 15.9. The first-order valence-corrected chi connectivity index (χ1v) is 9.83. The van der Waals surface area contributed by atoms with Crippen LogP contribution in [-0.4, -0.2) is 41.9 Å². The van der Waals surface area contributed by atoms with Gasteiger partial charge in [-0.25, -0.2) is 0 Å². The molecule has 1 aromatic heterocycles. The lowest BCUT2D eigenvalue weighted by atomic mass is 9.56. The molecule has 1 aliphatic rings. The van der Waals surface area contributed by atoms with Crippen molar-refractivity contribution in [2.24, 2.45) is 5.92 Å². The van der Waals surface area contributed by atoms with Crippen LogP contribution in [0, 0.1) is 5.92 Å². The van der Waals surface area contributed by atoms with E-state index in [1.807, 2.05) is 20.1 Å². The van der Waals surface area contributed by atoms with E-state index in [9.17, 15) is 9.90 Å². The van der Waals surface area contributed by atoms with Crippen LogP contribution in [0.4, 0.5) is 0 Å². The summed E-state index contributed by atoms with van der Waals surface area (Å²) < 4.78 is 0. The highest BCUT2D eigenvalue weighted by Crippen LogP contribution is 2.44. The summed E-state index contributed by atoms with van der Waals surface area (Å²) >= 11 is 0. The fourth-order valence-electron chi connectivity index (χ4n) is 4.29. The molecule has 0 bridgehead atoms. The third kappa shape index (κ3) is 3.93. The van der Waals surface area contributed by atoms with Gasteiger partial charge in [0.15, 0.2) is 0 Å². The minimum Gasteiger partial charge on any atom is -0.481 e. The number of unbranched alkanes of at least 4 members (excludes halogenated alkanes) is 1. The molecule has 4 nitrogen and oxygen atoms in total. The normalized spacial score (nSPS) is 18.7. The van der Waals surface area contributed by atoms with Gasteiger partial charge in [-0.15, -0.1) is 0 Å². The predicted octanol–water partition coefficient (Wildman–Crippen LogP) is 3.51. The Morgan fingerprint density at radius 1 is 1.31 bits per heavy atom. The van der Waals surface area contributed by atoms with Gasteiger partial charge in [0.1, 0.15) is 7.85 Å². The minimum absolute atomic E-state index is 0.272.